The van der Waals surface area contributed by atoms with Gasteiger partial charge in [0.2, 0.25) is 0 Å². The molecule has 4 atom stereocenters. The molecule has 4 unspecified atom stereocenters. The molecule has 1 heteroatoms. The van der Waals surface area contributed by atoms with Gasteiger partial charge in [-0.15, -0.1) is 0 Å². The summed E-state index contributed by atoms with van der Waals surface area (Å²) in [7, 11) is 0. The molecule has 3 aliphatic carbocycles. The Hall–Kier alpha value is -1.81. The van der Waals surface area contributed by atoms with Crippen molar-refractivity contribution in [2.24, 2.45) is 17.8 Å². The molecule has 0 bridgehead atoms. The van der Waals surface area contributed by atoms with Crippen LogP contribution in [0.5, 0.6) is 0 Å². The van der Waals surface area contributed by atoms with E-state index in [2.05, 4.69) is 48.6 Å². The molecule has 0 saturated carbocycles. The van der Waals surface area contributed by atoms with Crippen LogP contribution in [0.1, 0.15) is 42.7 Å². The second kappa shape index (κ2) is 4.63. The van der Waals surface area contributed by atoms with E-state index < -0.39 is 0 Å². The van der Waals surface area contributed by atoms with Crippen LogP contribution >= 0.6 is 0 Å². The Morgan fingerprint density at radius 3 is 2.75 bits per heavy atom. The maximum atomic E-state index is 9.28. The van der Waals surface area contributed by atoms with Gasteiger partial charge in [-0.2, -0.15) is 5.26 Å². The highest BCUT2D eigenvalue weighted by Crippen LogP contribution is 2.54. The zero-order valence-electron chi connectivity index (χ0n) is 11.6. The van der Waals surface area contributed by atoms with E-state index in [4.69, 9.17) is 0 Å². The van der Waals surface area contributed by atoms with Gasteiger partial charge in [0.05, 0.1) is 12.0 Å². The molecule has 1 aromatic rings. The molecule has 0 aliphatic heterocycles. The number of hydrogen-bond acceptors (Lipinski definition) is 1. The van der Waals surface area contributed by atoms with Crippen molar-refractivity contribution in [3.63, 3.8) is 0 Å². The van der Waals surface area contributed by atoms with Gasteiger partial charge in [0.1, 0.15) is 0 Å². The Morgan fingerprint density at radius 1 is 1.00 bits per heavy atom. The van der Waals surface area contributed by atoms with Gasteiger partial charge in [-0.05, 0) is 60.1 Å². The fourth-order valence-corrected chi connectivity index (χ4v) is 4.49. The van der Waals surface area contributed by atoms with E-state index in [1.807, 2.05) is 0 Å². The summed E-state index contributed by atoms with van der Waals surface area (Å²) in [5.74, 6) is 2.19. The van der Waals surface area contributed by atoms with Crippen molar-refractivity contribution in [2.45, 2.75) is 31.6 Å². The molecule has 0 aromatic heterocycles. The second-order valence-electron chi connectivity index (χ2n) is 6.36. The molecule has 100 valence electrons. The molecule has 1 nitrogen and oxygen atoms in total. The normalized spacial score (nSPS) is 34.2. The molecule has 4 rings (SSSR count). The van der Waals surface area contributed by atoms with Gasteiger partial charge in [0.25, 0.3) is 0 Å². The van der Waals surface area contributed by atoms with E-state index in [1.165, 1.54) is 24.0 Å². The van der Waals surface area contributed by atoms with Gasteiger partial charge in [0, 0.05) is 0 Å². The maximum absolute atomic E-state index is 9.28. The molecule has 0 heterocycles. The van der Waals surface area contributed by atoms with Crippen molar-refractivity contribution in [3.8, 4) is 6.07 Å². The lowest BCUT2D eigenvalue weighted by Crippen LogP contribution is -2.33. The molecule has 1 aromatic carbocycles. The van der Waals surface area contributed by atoms with E-state index in [1.54, 1.807) is 5.56 Å². The van der Waals surface area contributed by atoms with E-state index >= 15 is 0 Å². The minimum Gasteiger partial charge on any atom is -0.198 e. The van der Waals surface area contributed by atoms with Gasteiger partial charge >= 0.3 is 0 Å². The van der Waals surface area contributed by atoms with Crippen molar-refractivity contribution in [1.82, 2.24) is 0 Å². The summed E-state index contributed by atoms with van der Waals surface area (Å²) in [5, 5.41) is 9.28. The highest BCUT2D eigenvalue weighted by molar-refractivity contribution is 5.74. The number of nitrogens with zero attached hydrogens (tertiary/aromatic N) is 1. The molecule has 0 spiro atoms. The average molecular weight is 261 g/mol. The number of hydrogen-bond donors (Lipinski definition) is 0. The van der Waals surface area contributed by atoms with Gasteiger partial charge in [-0.1, -0.05) is 42.5 Å². The van der Waals surface area contributed by atoms with Crippen LogP contribution in [-0.4, -0.2) is 0 Å². The second-order valence-corrected chi connectivity index (χ2v) is 6.36. The lowest BCUT2D eigenvalue weighted by molar-refractivity contribution is 0.276. The van der Waals surface area contributed by atoms with Crippen LogP contribution in [0.4, 0.5) is 0 Å². The minimum absolute atomic E-state index is 0.223. The first-order chi connectivity index (χ1) is 9.88. The van der Waals surface area contributed by atoms with Crippen molar-refractivity contribution < 1.29 is 0 Å². The van der Waals surface area contributed by atoms with Crippen molar-refractivity contribution >= 4 is 5.57 Å². The molecule has 0 N–H and O–H groups in total. The average Bonchev–Trinajstić information content (AvgIpc) is 2.54. The Kier molecular flexibility index (Phi) is 2.77. The van der Waals surface area contributed by atoms with E-state index in [0.29, 0.717) is 17.8 Å². The SMILES string of the molecule is N#CC1CC=C2c3ccccc3C3CC=CCC3C2C1. The standard InChI is InChI=1S/C19H19N/c20-12-13-9-10-18-16-7-2-1-5-14(16)15-6-3-4-8-17(15)19(18)11-13/h1-5,7,10,13,15,17,19H,6,8-9,11H2. The molecule has 20 heavy (non-hydrogen) atoms. The van der Waals surface area contributed by atoms with Crippen LogP contribution in [-0.2, 0) is 0 Å². The highest BCUT2D eigenvalue weighted by atomic mass is 14.5. The largest absolute Gasteiger partial charge is 0.198 e. The summed E-state index contributed by atoms with van der Waals surface area (Å²) in [4.78, 5) is 0. The number of nitriles is 1. The smallest absolute Gasteiger partial charge is 0.0659 e. The third-order valence-electron chi connectivity index (χ3n) is 5.41. The Balaban J connectivity index is 1.86. The molecule has 0 fully saturated rings. The molecular weight excluding hydrogens is 242 g/mol. The molecule has 0 amide bonds. The lowest BCUT2D eigenvalue weighted by atomic mass is 9.59. The van der Waals surface area contributed by atoms with E-state index in [0.717, 1.165) is 12.8 Å². The van der Waals surface area contributed by atoms with Gasteiger partial charge < -0.3 is 0 Å². The van der Waals surface area contributed by atoms with Crippen LogP contribution < -0.4 is 0 Å². The van der Waals surface area contributed by atoms with Crippen molar-refractivity contribution in [2.75, 3.05) is 0 Å². The fraction of sp³-hybridized carbons (Fsp3) is 0.421. The van der Waals surface area contributed by atoms with Gasteiger partial charge in [-0.25, -0.2) is 0 Å². The Labute approximate surface area is 120 Å². The monoisotopic (exact) mass is 261 g/mol. The van der Waals surface area contributed by atoms with Crippen LogP contribution in [0.2, 0.25) is 0 Å². The number of rotatable bonds is 0. The summed E-state index contributed by atoms with van der Waals surface area (Å²) in [6.45, 7) is 0. The zero-order chi connectivity index (χ0) is 13.5. The molecule has 0 radical (unpaired) electrons. The maximum Gasteiger partial charge on any atom is 0.0659 e. The van der Waals surface area contributed by atoms with Crippen LogP contribution in [0.25, 0.3) is 5.57 Å². The number of benzene rings is 1. The summed E-state index contributed by atoms with van der Waals surface area (Å²) >= 11 is 0. The molecule has 3 aliphatic rings. The van der Waals surface area contributed by atoms with Crippen LogP contribution in [0, 0.1) is 29.1 Å². The molecule has 0 saturated heterocycles. The number of fused-ring (bicyclic) bond motifs is 6. The predicted molar refractivity (Wildman–Crippen MR) is 80.9 cm³/mol. The Morgan fingerprint density at radius 2 is 1.85 bits per heavy atom. The third-order valence-corrected chi connectivity index (χ3v) is 5.41. The third kappa shape index (κ3) is 1.68. The summed E-state index contributed by atoms with van der Waals surface area (Å²) in [6.07, 6.45) is 11.4. The first-order valence-corrected chi connectivity index (χ1v) is 7.72. The Bertz CT molecular complexity index is 631. The van der Waals surface area contributed by atoms with Gasteiger partial charge in [-0.3, -0.25) is 0 Å². The number of allylic oxidation sites excluding steroid dienone is 4. The van der Waals surface area contributed by atoms with E-state index in [-0.39, 0.29) is 5.92 Å². The summed E-state index contributed by atoms with van der Waals surface area (Å²) in [5.41, 5.74) is 4.54. The quantitative estimate of drug-likeness (QED) is 0.622. The summed E-state index contributed by atoms with van der Waals surface area (Å²) in [6, 6.07) is 11.4. The van der Waals surface area contributed by atoms with E-state index in [9.17, 15) is 5.26 Å². The molecular formula is C19H19N. The fourth-order valence-electron chi connectivity index (χ4n) is 4.49. The first kappa shape index (κ1) is 12.0. The van der Waals surface area contributed by atoms with Crippen LogP contribution in [0.3, 0.4) is 0 Å². The van der Waals surface area contributed by atoms with Crippen molar-refractivity contribution in [3.05, 3.63) is 53.6 Å². The van der Waals surface area contributed by atoms with Crippen LogP contribution in [0.15, 0.2) is 42.5 Å². The first-order valence-electron chi connectivity index (χ1n) is 7.72. The minimum atomic E-state index is 0.223. The predicted octanol–water partition coefficient (Wildman–Crippen LogP) is 4.68. The summed E-state index contributed by atoms with van der Waals surface area (Å²) < 4.78 is 0. The van der Waals surface area contributed by atoms with Crippen molar-refractivity contribution in [1.29, 1.82) is 5.26 Å². The topological polar surface area (TPSA) is 23.8 Å². The zero-order valence-corrected chi connectivity index (χ0v) is 11.6. The van der Waals surface area contributed by atoms with Gasteiger partial charge in [0.15, 0.2) is 0 Å². The highest BCUT2D eigenvalue weighted by Gasteiger charge is 2.41. The lowest BCUT2D eigenvalue weighted by Gasteiger charge is -2.44.